The number of aryl methyl sites for hydroxylation is 2. The van der Waals surface area contributed by atoms with Gasteiger partial charge in [0, 0.05) is 23.2 Å². The van der Waals surface area contributed by atoms with Gasteiger partial charge >= 0.3 is 0 Å². The number of anilines is 1. The Morgan fingerprint density at radius 1 is 1.22 bits per heavy atom. The van der Waals surface area contributed by atoms with Crippen LogP contribution in [0, 0.1) is 13.8 Å². The molecule has 0 unspecified atom stereocenters. The van der Waals surface area contributed by atoms with Crippen LogP contribution in [0.5, 0.6) is 11.5 Å². The molecule has 1 aliphatic heterocycles. The summed E-state index contributed by atoms with van der Waals surface area (Å²) in [5, 5.41) is 9.58. The van der Waals surface area contributed by atoms with E-state index < -0.39 is 5.91 Å². The first kappa shape index (κ1) is 21.2. The van der Waals surface area contributed by atoms with Gasteiger partial charge in [-0.3, -0.25) is 9.59 Å². The van der Waals surface area contributed by atoms with Gasteiger partial charge in [-0.15, -0.1) is 0 Å². The van der Waals surface area contributed by atoms with Crippen molar-refractivity contribution in [1.29, 1.82) is 0 Å². The topological polar surface area (TPSA) is 103 Å². The number of rotatable bonds is 6. The SMILES string of the molecule is COc1ccccc1C=C1Oc2ccc(C(=O)NCCc3c(C)noc3C)cc2NC1=O. The third kappa shape index (κ3) is 4.34. The maximum Gasteiger partial charge on any atom is 0.291 e. The molecule has 0 aliphatic carbocycles. The van der Waals surface area contributed by atoms with Gasteiger partial charge in [0.05, 0.1) is 18.5 Å². The van der Waals surface area contributed by atoms with E-state index in [2.05, 4.69) is 15.8 Å². The summed E-state index contributed by atoms with van der Waals surface area (Å²) >= 11 is 0. The van der Waals surface area contributed by atoms with E-state index in [4.69, 9.17) is 14.0 Å². The highest BCUT2D eigenvalue weighted by Gasteiger charge is 2.23. The lowest BCUT2D eigenvalue weighted by atomic mass is 10.1. The molecule has 0 bridgehead atoms. The lowest BCUT2D eigenvalue weighted by Crippen LogP contribution is -2.27. The molecular weight excluding hydrogens is 410 g/mol. The highest BCUT2D eigenvalue weighted by molar-refractivity contribution is 6.09. The van der Waals surface area contributed by atoms with Crippen LogP contribution < -0.4 is 20.1 Å². The van der Waals surface area contributed by atoms with Crippen molar-refractivity contribution in [2.75, 3.05) is 19.0 Å². The van der Waals surface area contributed by atoms with Crippen molar-refractivity contribution in [3.63, 3.8) is 0 Å². The number of aromatic nitrogens is 1. The maximum absolute atomic E-state index is 12.6. The number of methoxy groups -OCH3 is 1. The number of nitrogens with one attached hydrogen (secondary N) is 2. The second-order valence-electron chi connectivity index (χ2n) is 7.33. The second-order valence-corrected chi connectivity index (χ2v) is 7.33. The van der Waals surface area contributed by atoms with Crippen LogP contribution in [0.1, 0.15) is 32.9 Å². The lowest BCUT2D eigenvalue weighted by molar-refractivity contribution is -0.115. The van der Waals surface area contributed by atoms with Crippen LogP contribution >= 0.6 is 0 Å². The Bertz CT molecular complexity index is 1190. The zero-order valence-corrected chi connectivity index (χ0v) is 18.0. The number of ether oxygens (including phenoxy) is 2. The largest absolute Gasteiger partial charge is 0.496 e. The Morgan fingerprint density at radius 3 is 2.78 bits per heavy atom. The van der Waals surface area contributed by atoms with Gasteiger partial charge in [0.25, 0.3) is 11.8 Å². The number of benzene rings is 2. The highest BCUT2D eigenvalue weighted by atomic mass is 16.5. The number of hydrogen-bond donors (Lipinski definition) is 2. The predicted octanol–water partition coefficient (Wildman–Crippen LogP) is 3.64. The Hall–Kier alpha value is -4.07. The molecular formula is C24H23N3O5. The third-order valence-electron chi connectivity index (χ3n) is 5.20. The molecule has 32 heavy (non-hydrogen) atoms. The normalized spacial score (nSPS) is 13.8. The van der Waals surface area contributed by atoms with Crippen molar-refractivity contribution in [3.8, 4) is 11.5 Å². The quantitative estimate of drug-likeness (QED) is 0.576. The lowest BCUT2D eigenvalue weighted by Gasteiger charge is -2.20. The Balaban J connectivity index is 1.45. The smallest absolute Gasteiger partial charge is 0.291 e. The fourth-order valence-corrected chi connectivity index (χ4v) is 3.49. The third-order valence-corrected chi connectivity index (χ3v) is 5.20. The standard InChI is InChI=1S/C24H23N3O5/c1-14-18(15(2)32-27-14)10-11-25-23(28)17-8-9-21-19(12-17)26-24(29)22(31-21)13-16-6-4-5-7-20(16)30-3/h4-9,12-13H,10-11H2,1-3H3,(H,25,28)(H,26,29). The molecule has 2 aromatic carbocycles. The summed E-state index contributed by atoms with van der Waals surface area (Å²) in [6, 6.07) is 12.2. The first-order chi connectivity index (χ1) is 15.5. The number of carbonyl (C=O) groups excluding carboxylic acids is 2. The molecule has 8 heteroatoms. The van der Waals surface area contributed by atoms with Gasteiger partial charge < -0.3 is 24.6 Å². The van der Waals surface area contributed by atoms with E-state index in [-0.39, 0.29) is 11.7 Å². The Kier molecular flexibility index (Phi) is 5.93. The molecule has 0 radical (unpaired) electrons. The molecule has 1 aliphatic rings. The van der Waals surface area contributed by atoms with E-state index >= 15 is 0 Å². The summed E-state index contributed by atoms with van der Waals surface area (Å²) in [5.41, 5.74) is 3.39. The molecule has 3 aromatic rings. The molecule has 0 spiro atoms. The van der Waals surface area contributed by atoms with E-state index in [0.29, 0.717) is 35.7 Å². The average Bonchev–Trinajstić information content (AvgIpc) is 3.11. The minimum Gasteiger partial charge on any atom is -0.496 e. The highest BCUT2D eigenvalue weighted by Crippen LogP contribution is 2.33. The number of fused-ring (bicyclic) bond motifs is 1. The van der Waals surface area contributed by atoms with Crippen molar-refractivity contribution >= 4 is 23.6 Å². The van der Waals surface area contributed by atoms with E-state index in [9.17, 15) is 9.59 Å². The molecule has 164 valence electrons. The van der Waals surface area contributed by atoms with Crippen LogP contribution in [0.3, 0.4) is 0 Å². The molecule has 0 saturated heterocycles. The van der Waals surface area contributed by atoms with Gasteiger partial charge in [-0.1, -0.05) is 23.4 Å². The Morgan fingerprint density at radius 2 is 2.03 bits per heavy atom. The molecule has 1 aromatic heterocycles. The van der Waals surface area contributed by atoms with Crippen LogP contribution in [-0.4, -0.2) is 30.6 Å². The molecule has 4 rings (SSSR count). The summed E-state index contributed by atoms with van der Waals surface area (Å²) in [4.78, 5) is 25.1. The zero-order chi connectivity index (χ0) is 22.7. The molecule has 0 atom stereocenters. The first-order valence-electron chi connectivity index (χ1n) is 10.1. The van der Waals surface area contributed by atoms with E-state index in [1.807, 2.05) is 32.0 Å². The molecule has 2 N–H and O–H groups in total. The maximum atomic E-state index is 12.6. The summed E-state index contributed by atoms with van der Waals surface area (Å²) in [7, 11) is 1.56. The molecule has 0 saturated carbocycles. The van der Waals surface area contributed by atoms with E-state index in [1.165, 1.54) is 0 Å². The fourth-order valence-electron chi connectivity index (χ4n) is 3.49. The van der Waals surface area contributed by atoms with Crippen LogP contribution in [0.15, 0.2) is 52.7 Å². The van der Waals surface area contributed by atoms with Gasteiger partial charge in [0.15, 0.2) is 11.5 Å². The average molecular weight is 433 g/mol. The number of amides is 2. The van der Waals surface area contributed by atoms with Crippen molar-refractivity contribution in [2.24, 2.45) is 0 Å². The van der Waals surface area contributed by atoms with Crippen molar-refractivity contribution in [3.05, 3.63) is 76.4 Å². The van der Waals surface area contributed by atoms with Crippen molar-refractivity contribution < 1.29 is 23.6 Å². The van der Waals surface area contributed by atoms with Crippen molar-refractivity contribution in [2.45, 2.75) is 20.3 Å². The molecule has 2 amide bonds. The Labute approximate surface area is 185 Å². The van der Waals surface area contributed by atoms with E-state index in [0.717, 1.165) is 22.6 Å². The zero-order valence-electron chi connectivity index (χ0n) is 18.0. The summed E-state index contributed by atoms with van der Waals surface area (Å²) < 4.78 is 16.2. The fraction of sp³-hybridized carbons (Fsp3) is 0.208. The van der Waals surface area contributed by atoms with Gasteiger partial charge in [-0.2, -0.15) is 0 Å². The van der Waals surface area contributed by atoms with Crippen LogP contribution in [0.25, 0.3) is 6.08 Å². The monoisotopic (exact) mass is 433 g/mol. The first-order valence-corrected chi connectivity index (χ1v) is 10.1. The van der Waals surface area contributed by atoms with Gasteiger partial charge in [0.1, 0.15) is 11.5 Å². The second kappa shape index (κ2) is 8.97. The van der Waals surface area contributed by atoms with Crippen LogP contribution in [0.4, 0.5) is 5.69 Å². The van der Waals surface area contributed by atoms with Crippen LogP contribution in [-0.2, 0) is 11.2 Å². The summed E-state index contributed by atoms with van der Waals surface area (Å²) in [6.07, 6.45) is 2.24. The molecule has 0 fully saturated rings. The molecule has 8 nitrogen and oxygen atoms in total. The number of para-hydroxylation sites is 1. The summed E-state index contributed by atoms with van der Waals surface area (Å²) in [5.74, 6) is 1.33. The van der Waals surface area contributed by atoms with Gasteiger partial charge in [0.2, 0.25) is 0 Å². The van der Waals surface area contributed by atoms with Gasteiger partial charge in [-0.25, -0.2) is 0 Å². The van der Waals surface area contributed by atoms with E-state index in [1.54, 1.807) is 37.5 Å². The van der Waals surface area contributed by atoms with Crippen LogP contribution in [0.2, 0.25) is 0 Å². The number of carbonyl (C=O) groups is 2. The minimum atomic E-state index is -0.403. The number of nitrogens with zero attached hydrogens (tertiary/aromatic N) is 1. The predicted molar refractivity (Wildman–Crippen MR) is 119 cm³/mol. The molecule has 2 heterocycles. The van der Waals surface area contributed by atoms with Gasteiger partial charge in [-0.05, 0) is 50.6 Å². The number of hydrogen-bond acceptors (Lipinski definition) is 6. The minimum absolute atomic E-state index is 0.138. The summed E-state index contributed by atoms with van der Waals surface area (Å²) in [6.45, 7) is 4.16. The van der Waals surface area contributed by atoms with Crippen molar-refractivity contribution in [1.82, 2.24) is 10.5 Å².